The third kappa shape index (κ3) is 6.56. The molecule has 0 radical (unpaired) electrons. The quantitative estimate of drug-likeness (QED) is 0.565. The molecular weight excluding hydrogens is 346 g/mol. The predicted octanol–water partition coefficient (Wildman–Crippen LogP) is 3.86. The van der Waals surface area contributed by atoms with E-state index < -0.39 is 0 Å². The van der Waals surface area contributed by atoms with E-state index in [4.69, 9.17) is 4.74 Å². The van der Waals surface area contributed by atoms with Crippen molar-refractivity contribution in [3.05, 3.63) is 65.2 Å². The standard InChI is InChI=1S/C21H25NO3S/c1-15-9-10-19(11-16(15)2)26-14-21(24)25-13-20(23)22-12-17(3)18-7-5-4-6-8-18/h4-11,17H,12-14H2,1-3H3,(H,22,23)/t17-/m0/s1. The lowest BCUT2D eigenvalue weighted by molar-refractivity contribution is -0.145. The van der Waals surface area contributed by atoms with Crippen LogP contribution in [-0.4, -0.2) is 30.8 Å². The number of amides is 1. The number of esters is 1. The van der Waals surface area contributed by atoms with E-state index in [1.165, 1.54) is 22.9 Å². The van der Waals surface area contributed by atoms with Crippen LogP contribution in [0.3, 0.4) is 0 Å². The number of benzene rings is 2. The maximum atomic E-state index is 11.8. The molecule has 0 aliphatic rings. The van der Waals surface area contributed by atoms with E-state index in [0.717, 1.165) is 10.5 Å². The van der Waals surface area contributed by atoms with Crippen LogP contribution in [0.4, 0.5) is 0 Å². The topological polar surface area (TPSA) is 55.4 Å². The smallest absolute Gasteiger partial charge is 0.316 e. The van der Waals surface area contributed by atoms with Crippen molar-refractivity contribution in [1.82, 2.24) is 5.32 Å². The van der Waals surface area contributed by atoms with Crippen molar-refractivity contribution in [2.75, 3.05) is 18.9 Å². The summed E-state index contributed by atoms with van der Waals surface area (Å²) in [6.07, 6.45) is 0. The molecule has 1 amide bonds. The molecule has 2 rings (SSSR count). The van der Waals surface area contributed by atoms with Crippen LogP contribution in [-0.2, 0) is 14.3 Å². The summed E-state index contributed by atoms with van der Waals surface area (Å²) in [7, 11) is 0. The Morgan fingerprint density at radius 1 is 1.08 bits per heavy atom. The highest BCUT2D eigenvalue weighted by Crippen LogP contribution is 2.21. The van der Waals surface area contributed by atoms with E-state index in [2.05, 4.69) is 12.2 Å². The maximum Gasteiger partial charge on any atom is 0.316 e. The third-order valence-electron chi connectivity index (χ3n) is 4.17. The molecule has 2 aromatic carbocycles. The summed E-state index contributed by atoms with van der Waals surface area (Å²) in [6, 6.07) is 16.0. The summed E-state index contributed by atoms with van der Waals surface area (Å²) in [5.74, 6) is -0.274. The first kappa shape index (κ1) is 20.0. The first-order valence-corrected chi connectivity index (χ1v) is 9.61. The van der Waals surface area contributed by atoms with Gasteiger partial charge >= 0.3 is 5.97 Å². The molecule has 138 valence electrons. The van der Waals surface area contributed by atoms with Crippen molar-refractivity contribution in [3.63, 3.8) is 0 Å². The molecule has 0 unspecified atom stereocenters. The Balaban J connectivity index is 1.66. The maximum absolute atomic E-state index is 11.8. The summed E-state index contributed by atoms with van der Waals surface area (Å²) in [5, 5.41) is 2.80. The minimum Gasteiger partial charge on any atom is -0.455 e. The van der Waals surface area contributed by atoms with Gasteiger partial charge in [0.05, 0.1) is 5.75 Å². The van der Waals surface area contributed by atoms with Crippen LogP contribution < -0.4 is 5.32 Å². The number of ether oxygens (including phenoxy) is 1. The zero-order chi connectivity index (χ0) is 18.9. The van der Waals surface area contributed by atoms with E-state index >= 15 is 0 Å². The Bertz CT molecular complexity index is 746. The van der Waals surface area contributed by atoms with Crippen LogP contribution in [0.2, 0.25) is 0 Å². The molecule has 0 saturated carbocycles. The molecule has 4 nitrogen and oxygen atoms in total. The van der Waals surface area contributed by atoms with Crippen molar-refractivity contribution >= 4 is 23.6 Å². The van der Waals surface area contributed by atoms with E-state index in [-0.39, 0.29) is 30.2 Å². The van der Waals surface area contributed by atoms with Gasteiger partial charge in [0.15, 0.2) is 6.61 Å². The highest BCUT2D eigenvalue weighted by atomic mass is 32.2. The van der Waals surface area contributed by atoms with Gasteiger partial charge in [-0.2, -0.15) is 0 Å². The van der Waals surface area contributed by atoms with Crippen molar-refractivity contribution in [2.45, 2.75) is 31.6 Å². The van der Waals surface area contributed by atoms with Gasteiger partial charge in [0.2, 0.25) is 0 Å². The van der Waals surface area contributed by atoms with Gasteiger partial charge < -0.3 is 10.1 Å². The first-order valence-electron chi connectivity index (χ1n) is 8.63. The molecule has 0 spiro atoms. The van der Waals surface area contributed by atoms with Crippen molar-refractivity contribution in [1.29, 1.82) is 0 Å². The zero-order valence-electron chi connectivity index (χ0n) is 15.5. The normalized spacial score (nSPS) is 11.7. The first-order chi connectivity index (χ1) is 12.5. The van der Waals surface area contributed by atoms with Gasteiger partial charge in [-0.25, -0.2) is 0 Å². The summed E-state index contributed by atoms with van der Waals surface area (Å²) >= 11 is 1.41. The minimum absolute atomic E-state index is 0.191. The van der Waals surface area contributed by atoms with Gasteiger partial charge in [-0.15, -0.1) is 11.8 Å². The number of hydrogen-bond acceptors (Lipinski definition) is 4. The van der Waals surface area contributed by atoms with Crippen LogP contribution >= 0.6 is 11.8 Å². The molecule has 0 fully saturated rings. The fraction of sp³-hybridized carbons (Fsp3) is 0.333. The van der Waals surface area contributed by atoms with Crippen LogP contribution in [0.1, 0.15) is 29.5 Å². The number of nitrogens with one attached hydrogen (secondary N) is 1. The predicted molar refractivity (Wildman–Crippen MR) is 105 cm³/mol. The molecule has 26 heavy (non-hydrogen) atoms. The van der Waals surface area contributed by atoms with Gasteiger partial charge in [-0.05, 0) is 48.6 Å². The minimum atomic E-state index is -0.389. The Hall–Kier alpha value is -2.27. The summed E-state index contributed by atoms with van der Waals surface area (Å²) in [6.45, 7) is 6.40. The molecule has 0 saturated heterocycles. The van der Waals surface area contributed by atoms with E-state index in [0.29, 0.717) is 6.54 Å². The van der Waals surface area contributed by atoms with Crippen LogP contribution in [0.5, 0.6) is 0 Å². The van der Waals surface area contributed by atoms with Crippen LogP contribution in [0, 0.1) is 13.8 Å². The lowest BCUT2D eigenvalue weighted by Gasteiger charge is -2.13. The number of rotatable bonds is 8. The number of carbonyl (C=O) groups excluding carboxylic acids is 2. The monoisotopic (exact) mass is 371 g/mol. The SMILES string of the molecule is Cc1ccc(SCC(=O)OCC(=O)NC[C@H](C)c2ccccc2)cc1C. The van der Waals surface area contributed by atoms with Crippen molar-refractivity contribution in [2.24, 2.45) is 0 Å². The molecule has 0 aliphatic carbocycles. The zero-order valence-corrected chi connectivity index (χ0v) is 16.3. The van der Waals surface area contributed by atoms with Crippen LogP contribution in [0.25, 0.3) is 0 Å². The van der Waals surface area contributed by atoms with Gasteiger partial charge in [0, 0.05) is 11.4 Å². The van der Waals surface area contributed by atoms with Crippen molar-refractivity contribution < 1.29 is 14.3 Å². The average Bonchev–Trinajstić information content (AvgIpc) is 2.66. The lowest BCUT2D eigenvalue weighted by Crippen LogP contribution is -2.31. The number of thioether (sulfide) groups is 1. The molecule has 1 N–H and O–H groups in total. The van der Waals surface area contributed by atoms with Gasteiger partial charge in [-0.3, -0.25) is 9.59 Å². The fourth-order valence-corrected chi connectivity index (χ4v) is 3.14. The summed E-state index contributed by atoms with van der Waals surface area (Å²) < 4.78 is 5.05. The molecule has 0 aromatic heterocycles. The Morgan fingerprint density at radius 2 is 1.81 bits per heavy atom. The van der Waals surface area contributed by atoms with Crippen LogP contribution in [0.15, 0.2) is 53.4 Å². The van der Waals surface area contributed by atoms with E-state index in [9.17, 15) is 9.59 Å². The van der Waals surface area contributed by atoms with E-state index in [1.54, 1.807) is 0 Å². The van der Waals surface area contributed by atoms with E-state index in [1.807, 2.05) is 62.4 Å². The second-order valence-electron chi connectivity index (χ2n) is 6.31. The fourth-order valence-electron chi connectivity index (χ4n) is 2.35. The second kappa shape index (κ2) is 10.0. The lowest BCUT2D eigenvalue weighted by atomic mass is 10.0. The summed E-state index contributed by atoms with van der Waals surface area (Å²) in [4.78, 5) is 24.7. The molecule has 1 atom stereocenters. The highest BCUT2D eigenvalue weighted by molar-refractivity contribution is 8.00. The summed E-state index contributed by atoms with van der Waals surface area (Å²) in [5.41, 5.74) is 3.57. The van der Waals surface area contributed by atoms with Crippen molar-refractivity contribution in [3.8, 4) is 0 Å². The van der Waals surface area contributed by atoms with Gasteiger partial charge in [0.25, 0.3) is 5.91 Å². The van der Waals surface area contributed by atoms with Gasteiger partial charge in [0.1, 0.15) is 0 Å². The Morgan fingerprint density at radius 3 is 2.50 bits per heavy atom. The molecule has 5 heteroatoms. The number of aryl methyl sites for hydroxylation is 2. The molecule has 2 aromatic rings. The van der Waals surface area contributed by atoms with Gasteiger partial charge in [-0.1, -0.05) is 43.3 Å². The second-order valence-corrected chi connectivity index (χ2v) is 7.36. The third-order valence-corrected chi connectivity index (χ3v) is 5.14. The Labute approximate surface area is 159 Å². The average molecular weight is 372 g/mol. The highest BCUT2D eigenvalue weighted by Gasteiger charge is 2.11. The molecular formula is C21H25NO3S. The Kier molecular flexibility index (Phi) is 7.73. The molecule has 0 heterocycles. The molecule has 0 bridgehead atoms. The number of hydrogen-bond donors (Lipinski definition) is 1. The molecule has 0 aliphatic heterocycles. The largest absolute Gasteiger partial charge is 0.455 e. The number of carbonyl (C=O) groups is 2.